The Morgan fingerprint density at radius 2 is 1.94 bits per heavy atom. The molecule has 1 aromatic carbocycles. The molecule has 1 atom stereocenters. The molecule has 0 spiro atoms. The maximum atomic E-state index is 14.2. The summed E-state index contributed by atoms with van der Waals surface area (Å²) in [5.74, 6) is 1.29. The van der Waals surface area contributed by atoms with E-state index in [1.54, 1.807) is 38.2 Å². The van der Waals surface area contributed by atoms with E-state index in [0.29, 0.717) is 40.6 Å². The number of hydrogen-bond acceptors (Lipinski definition) is 5. The van der Waals surface area contributed by atoms with E-state index in [9.17, 15) is 18.3 Å². The van der Waals surface area contributed by atoms with Crippen LogP contribution in [-0.2, 0) is 18.4 Å². The first kappa shape index (κ1) is 24.6. The molecule has 0 fully saturated rings. The number of anilines is 1. The standard InChI is InChI=1S/C24H28ClF3N4O2/c1-22(2,18-10-16(25)7-14-5-6-34-21(14)18)13-23(33,24(26,27)28)30-11-17-8-15-9-20(32(3)4)29-12-19(15)31-17/h7-10,12,30-31,33H,5-6,11,13H2,1-4H3. The van der Waals surface area contributed by atoms with Gasteiger partial charge in [-0.05, 0) is 35.2 Å². The van der Waals surface area contributed by atoms with Gasteiger partial charge in [-0.1, -0.05) is 25.4 Å². The van der Waals surface area contributed by atoms with Gasteiger partial charge >= 0.3 is 6.18 Å². The van der Waals surface area contributed by atoms with Crippen LogP contribution in [0.4, 0.5) is 19.0 Å². The summed E-state index contributed by atoms with van der Waals surface area (Å²) < 4.78 is 48.2. The molecule has 1 aliphatic heterocycles. The fourth-order valence-corrected chi connectivity index (χ4v) is 4.67. The molecule has 1 aliphatic rings. The third-order valence-corrected chi connectivity index (χ3v) is 6.44. The Labute approximate surface area is 201 Å². The zero-order valence-electron chi connectivity index (χ0n) is 19.5. The maximum absolute atomic E-state index is 14.2. The zero-order valence-corrected chi connectivity index (χ0v) is 20.2. The number of benzene rings is 1. The first-order chi connectivity index (χ1) is 15.8. The molecule has 3 N–H and O–H groups in total. The predicted octanol–water partition coefficient (Wildman–Crippen LogP) is 4.93. The topological polar surface area (TPSA) is 73.4 Å². The largest absolute Gasteiger partial charge is 0.493 e. The molecule has 1 unspecified atom stereocenters. The van der Waals surface area contributed by atoms with Gasteiger partial charge in [0.15, 0.2) is 0 Å². The fraction of sp³-hybridized carbons (Fsp3) is 0.458. The van der Waals surface area contributed by atoms with E-state index in [0.717, 1.165) is 16.8 Å². The van der Waals surface area contributed by atoms with Crippen molar-refractivity contribution in [3.63, 3.8) is 0 Å². The summed E-state index contributed by atoms with van der Waals surface area (Å²) in [6.07, 6.45) is -3.27. The third-order valence-electron chi connectivity index (χ3n) is 6.22. The van der Waals surface area contributed by atoms with E-state index in [4.69, 9.17) is 16.3 Å². The molecule has 10 heteroatoms. The Hall–Kier alpha value is -2.49. The molecule has 184 valence electrons. The lowest BCUT2D eigenvalue weighted by molar-refractivity contribution is -0.280. The highest BCUT2D eigenvalue weighted by Gasteiger charge is 2.56. The van der Waals surface area contributed by atoms with Crippen LogP contribution in [0, 0.1) is 0 Å². The van der Waals surface area contributed by atoms with Crippen molar-refractivity contribution >= 4 is 28.3 Å². The molecule has 0 aliphatic carbocycles. The fourth-order valence-electron chi connectivity index (χ4n) is 4.43. The molecule has 3 aromatic rings. The number of halogens is 4. The highest BCUT2D eigenvalue weighted by Crippen LogP contribution is 2.45. The average molecular weight is 497 g/mol. The minimum atomic E-state index is -4.92. The second-order valence-corrected chi connectivity index (χ2v) is 10.1. The summed E-state index contributed by atoms with van der Waals surface area (Å²) in [6, 6.07) is 6.98. The molecule has 0 amide bonds. The van der Waals surface area contributed by atoms with Crippen molar-refractivity contribution in [1.29, 1.82) is 0 Å². The summed E-state index contributed by atoms with van der Waals surface area (Å²) in [5.41, 5.74) is -1.63. The lowest BCUT2D eigenvalue weighted by atomic mass is 9.76. The van der Waals surface area contributed by atoms with Crippen LogP contribution in [-0.4, -0.2) is 47.7 Å². The number of nitrogens with one attached hydrogen (secondary N) is 2. The summed E-state index contributed by atoms with van der Waals surface area (Å²) >= 11 is 6.24. The van der Waals surface area contributed by atoms with E-state index in [2.05, 4.69) is 15.3 Å². The van der Waals surface area contributed by atoms with Crippen LogP contribution in [0.5, 0.6) is 5.75 Å². The van der Waals surface area contributed by atoms with Crippen LogP contribution in [0.3, 0.4) is 0 Å². The monoisotopic (exact) mass is 496 g/mol. The normalized spacial score (nSPS) is 15.8. The lowest BCUT2D eigenvalue weighted by Crippen LogP contribution is -2.59. The molecule has 0 bridgehead atoms. The Kier molecular flexibility index (Phi) is 6.25. The minimum absolute atomic E-state index is 0.220. The number of alkyl halides is 3. The Morgan fingerprint density at radius 1 is 1.21 bits per heavy atom. The van der Waals surface area contributed by atoms with Crippen LogP contribution >= 0.6 is 11.6 Å². The van der Waals surface area contributed by atoms with Gasteiger partial charge in [-0.2, -0.15) is 13.2 Å². The van der Waals surface area contributed by atoms with Crippen molar-refractivity contribution in [2.45, 2.75) is 50.6 Å². The third kappa shape index (κ3) is 4.69. The number of fused-ring (bicyclic) bond motifs is 2. The Balaban J connectivity index is 1.60. The van der Waals surface area contributed by atoms with Crippen molar-refractivity contribution in [3.8, 4) is 5.75 Å². The highest BCUT2D eigenvalue weighted by molar-refractivity contribution is 6.30. The molecule has 34 heavy (non-hydrogen) atoms. The molecule has 4 rings (SSSR count). The smallest absolute Gasteiger partial charge is 0.431 e. The van der Waals surface area contributed by atoms with E-state index in [-0.39, 0.29) is 6.54 Å². The van der Waals surface area contributed by atoms with Gasteiger partial charge in [-0.25, -0.2) is 4.98 Å². The average Bonchev–Trinajstić information content (AvgIpc) is 3.36. The predicted molar refractivity (Wildman–Crippen MR) is 127 cm³/mol. The molecule has 6 nitrogen and oxygen atoms in total. The van der Waals surface area contributed by atoms with Crippen molar-refractivity contribution in [1.82, 2.24) is 15.3 Å². The van der Waals surface area contributed by atoms with E-state index >= 15 is 0 Å². The molecular formula is C24H28ClF3N4O2. The zero-order chi connectivity index (χ0) is 24.9. The first-order valence-electron chi connectivity index (χ1n) is 10.9. The molecule has 0 saturated heterocycles. The van der Waals surface area contributed by atoms with Crippen LogP contribution in [0.15, 0.2) is 30.5 Å². The van der Waals surface area contributed by atoms with Crippen LogP contribution in [0.1, 0.15) is 37.1 Å². The number of aliphatic hydroxyl groups is 1. The summed E-state index contributed by atoms with van der Waals surface area (Å²) in [7, 11) is 3.71. The number of ether oxygens (including phenoxy) is 1. The van der Waals surface area contributed by atoms with Gasteiger partial charge < -0.3 is 19.7 Å². The summed E-state index contributed by atoms with van der Waals surface area (Å²) in [6.45, 7) is 3.53. The number of aromatic nitrogens is 2. The summed E-state index contributed by atoms with van der Waals surface area (Å²) in [5, 5.41) is 14.5. The SMILES string of the molecule is CN(C)c1cc2cc(CNC(O)(CC(C)(C)c3cc(Cl)cc4c3OCC4)C(F)(F)F)[nH]c2cn1. The number of H-pyrrole nitrogens is 1. The Morgan fingerprint density at radius 3 is 2.62 bits per heavy atom. The lowest BCUT2D eigenvalue weighted by Gasteiger charge is -2.38. The van der Waals surface area contributed by atoms with Gasteiger partial charge in [0, 0.05) is 55.1 Å². The van der Waals surface area contributed by atoms with Gasteiger partial charge in [0.25, 0.3) is 0 Å². The molecular weight excluding hydrogens is 469 g/mol. The van der Waals surface area contributed by atoms with Gasteiger partial charge in [0.05, 0.1) is 18.3 Å². The van der Waals surface area contributed by atoms with E-state index in [1.807, 2.05) is 25.1 Å². The minimum Gasteiger partial charge on any atom is -0.493 e. The number of aromatic amines is 1. The number of hydrogen-bond donors (Lipinski definition) is 3. The molecule has 0 radical (unpaired) electrons. The molecule has 3 heterocycles. The van der Waals surface area contributed by atoms with Gasteiger partial charge in [-0.15, -0.1) is 0 Å². The molecule has 2 aromatic heterocycles. The Bertz CT molecular complexity index is 1210. The second kappa shape index (κ2) is 8.62. The number of rotatable bonds is 7. The number of pyridine rings is 1. The van der Waals surface area contributed by atoms with Crippen molar-refractivity contribution in [2.75, 3.05) is 25.6 Å². The van der Waals surface area contributed by atoms with Gasteiger partial charge in [0.1, 0.15) is 11.6 Å². The van der Waals surface area contributed by atoms with Crippen LogP contribution in [0.25, 0.3) is 10.9 Å². The molecule has 0 saturated carbocycles. The number of nitrogens with zero attached hydrogens (tertiary/aromatic N) is 2. The highest BCUT2D eigenvalue weighted by atomic mass is 35.5. The van der Waals surface area contributed by atoms with Crippen molar-refractivity contribution < 1.29 is 23.0 Å². The van der Waals surface area contributed by atoms with Crippen molar-refractivity contribution in [2.24, 2.45) is 0 Å². The van der Waals surface area contributed by atoms with Gasteiger partial charge in [0.2, 0.25) is 5.72 Å². The van der Waals surface area contributed by atoms with Crippen molar-refractivity contribution in [3.05, 3.63) is 52.3 Å². The van der Waals surface area contributed by atoms with Gasteiger partial charge in [-0.3, -0.25) is 5.32 Å². The summed E-state index contributed by atoms with van der Waals surface area (Å²) in [4.78, 5) is 9.21. The second-order valence-electron chi connectivity index (χ2n) is 9.63. The van der Waals surface area contributed by atoms with E-state index < -0.39 is 23.7 Å². The quantitative estimate of drug-likeness (QED) is 0.405. The van der Waals surface area contributed by atoms with Crippen LogP contribution in [0.2, 0.25) is 5.02 Å². The first-order valence-corrected chi connectivity index (χ1v) is 11.3. The van der Waals surface area contributed by atoms with E-state index in [1.165, 1.54) is 0 Å². The van der Waals surface area contributed by atoms with Crippen LogP contribution < -0.4 is 15.0 Å². The maximum Gasteiger partial charge on any atom is 0.431 e.